The largest absolute Gasteiger partial charge is 0.481 e. The van der Waals surface area contributed by atoms with Crippen molar-refractivity contribution in [2.24, 2.45) is 17.8 Å². The third-order valence-electron chi connectivity index (χ3n) is 4.58. The van der Waals surface area contributed by atoms with Crippen molar-refractivity contribution in [2.45, 2.75) is 40.0 Å². The highest BCUT2D eigenvalue weighted by atomic mass is 16.4. The zero-order valence-electron chi connectivity index (χ0n) is 14.3. The van der Waals surface area contributed by atoms with Gasteiger partial charge in [-0.3, -0.25) is 9.59 Å². The molecule has 0 radical (unpaired) electrons. The maximum atomic E-state index is 12.3. The predicted molar refractivity (Wildman–Crippen MR) is 90.2 cm³/mol. The van der Waals surface area contributed by atoms with Crippen molar-refractivity contribution in [3.05, 3.63) is 35.4 Å². The van der Waals surface area contributed by atoms with Gasteiger partial charge in [-0.15, -0.1) is 0 Å². The molecule has 0 saturated carbocycles. The van der Waals surface area contributed by atoms with Crippen LogP contribution in [0.2, 0.25) is 0 Å². The van der Waals surface area contributed by atoms with Crippen LogP contribution < -0.4 is 0 Å². The Bertz CT molecular complexity index is 550. The Labute approximate surface area is 138 Å². The van der Waals surface area contributed by atoms with Gasteiger partial charge < -0.3 is 10.0 Å². The maximum absolute atomic E-state index is 12.3. The smallest absolute Gasteiger partial charge is 0.308 e. The van der Waals surface area contributed by atoms with E-state index in [1.165, 1.54) is 5.56 Å². The number of hydrogen-bond acceptors (Lipinski definition) is 2. The van der Waals surface area contributed by atoms with E-state index < -0.39 is 11.9 Å². The van der Waals surface area contributed by atoms with Gasteiger partial charge in [-0.25, -0.2) is 0 Å². The molecule has 0 unspecified atom stereocenters. The summed E-state index contributed by atoms with van der Waals surface area (Å²) < 4.78 is 0. The van der Waals surface area contributed by atoms with Gasteiger partial charge in [0.15, 0.2) is 0 Å². The van der Waals surface area contributed by atoms with Crippen molar-refractivity contribution < 1.29 is 14.7 Å². The third kappa shape index (κ3) is 4.81. The van der Waals surface area contributed by atoms with Crippen LogP contribution in [-0.4, -0.2) is 35.0 Å². The highest BCUT2D eigenvalue weighted by Gasteiger charge is 2.36. The molecule has 1 N–H and O–H groups in total. The fourth-order valence-corrected chi connectivity index (χ4v) is 3.21. The Hall–Kier alpha value is -1.84. The number of amides is 1. The summed E-state index contributed by atoms with van der Waals surface area (Å²) in [7, 11) is 0. The van der Waals surface area contributed by atoms with Crippen LogP contribution in [0.5, 0.6) is 0 Å². The fourth-order valence-electron chi connectivity index (χ4n) is 3.21. The van der Waals surface area contributed by atoms with Crippen LogP contribution in [0.25, 0.3) is 0 Å². The number of hydrogen-bond donors (Lipinski definition) is 1. The van der Waals surface area contributed by atoms with Gasteiger partial charge >= 0.3 is 5.97 Å². The van der Waals surface area contributed by atoms with E-state index >= 15 is 0 Å². The maximum Gasteiger partial charge on any atom is 0.308 e. The SMILES string of the molecule is CC(C)Cc1ccc(CCC(=O)N2C[C@@H](C)[C@H](C(=O)O)C2)cc1. The van der Waals surface area contributed by atoms with Crippen LogP contribution in [0.1, 0.15) is 38.3 Å². The molecule has 1 aromatic carbocycles. The van der Waals surface area contributed by atoms with Gasteiger partial charge in [0, 0.05) is 19.5 Å². The molecule has 1 aliphatic rings. The van der Waals surface area contributed by atoms with E-state index in [4.69, 9.17) is 5.11 Å². The summed E-state index contributed by atoms with van der Waals surface area (Å²) in [4.78, 5) is 25.1. The van der Waals surface area contributed by atoms with Crippen LogP contribution in [0.3, 0.4) is 0 Å². The van der Waals surface area contributed by atoms with Crippen LogP contribution in [-0.2, 0) is 22.4 Å². The number of carboxylic acid groups (broad SMARTS) is 1. The summed E-state index contributed by atoms with van der Waals surface area (Å²) in [5.74, 6) is -0.483. The minimum absolute atomic E-state index is 0.0340. The number of carbonyl (C=O) groups excluding carboxylic acids is 1. The Morgan fingerprint density at radius 2 is 1.78 bits per heavy atom. The number of carboxylic acids is 1. The van der Waals surface area contributed by atoms with Gasteiger partial charge in [-0.1, -0.05) is 45.0 Å². The molecule has 1 aromatic rings. The second-order valence-corrected chi connectivity index (χ2v) is 7.14. The molecule has 2 atom stereocenters. The third-order valence-corrected chi connectivity index (χ3v) is 4.58. The first-order valence-electron chi connectivity index (χ1n) is 8.45. The first-order chi connectivity index (χ1) is 10.9. The molecule has 1 heterocycles. The summed E-state index contributed by atoms with van der Waals surface area (Å²) in [5.41, 5.74) is 2.49. The van der Waals surface area contributed by atoms with Gasteiger partial charge in [-0.05, 0) is 35.8 Å². The lowest BCUT2D eigenvalue weighted by Crippen LogP contribution is -2.30. The van der Waals surface area contributed by atoms with Crippen molar-refractivity contribution in [3.63, 3.8) is 0 Å². The van der Waals surface area contributed by atoms with Gasteiger partial charge in [0.2, 0.25) is 5.91 Å². The number of aliphatic carboxylic acids is 1. The summed E-state index contributed by atoms with van der Waals surface area (Å²) >= 11 is 0. The van der Waals surface area contributed by atoms with Crippen molar-refractivity contribution in [2.75, 3.05) is 13.1 Å². The van der Waals surface area contributed by atoms with E-state index in [0.717, 1.165) is 12.0 Å². The van der Waals surface area contributed by atoms with Gasteiger partial charge in [0.1, 0.15) is 0 Å². The number of likely N-dealkylation sites (tertiary alicyclic amines) is 1. The topological polar surface area (TPSA) is 57.6 Å². The van der Waals surface area contributed by atoms with E-state index in [1.54, 1.807) is 4.90 Å². The van der Waals surface area contributed by atoms with Gasteiger partial charge in [0.05, 0.1) is 5.92 Å². The number of rotatable bonds is 6. The molecular weight excluding hydrogens is 290 g/mol. The summed E-state index contributed by atoms with van der Waals surface area (Å²) in [6, 6.07) is 8.46. The molecule has 0 bridgehead atoms. The van der Waals surface area contributed by atoms with Crippen LogP contribution >= 0.6 is 0 Å². The van der Waals surface area contributed by atoms with Crippen molar-refractivity contribution >= 4 is 11.9 Å². The van der Waals surface area contributed by atoms with Gasteiger partial charge in [0.25, 0.3) is 0 Å². The number of aryl methyl sites for hydroxylation is 1. The average Bonchev–Trinajstić information content (AvgIpc) is 2.88. The van der Waals surface area contributed by atoms with Crippen molar-refractivity contribution in [1.82, 2.24) is 4.90 Å². The Kier molecular flexibility index (Phi) is 5.80. The second kappa shape index (κ2) is 7.62. The molecule has 4 nitrogen and oxygen atoms in total. The van der Waals surface area contributed by atoms with E-state index in [2.05, 4.69) is 38.1 Å². The Balaban J connectivity index is 1.84. The van der Waals surface area contributed by atoms with E-state index in [0.29, 0.717) is 31.8 Å². The number of carbonyl (C=O) groups is 2. The van der Waals surface area contributed by atoms with Crippen LogP contribution in [0.15, 0.2) is 24.3 Å². The lowest BCUT2D eigenvalue weighted by Gasteiger charge is -2.16. The molecule has 1 fully saturated rings. The molecule has 23 heavy (non-hydrogen) atoms. The Morgan fingerprint density at radius 1 is 1.17 bits per heavy atom. The molecule has 0 aromatic heterocycles. The molecule has 126 valence electrons. The second-order valence-electron chi connectivity index (χ2n) is 7.14. The summed E-state index contributed by atoms with van der Waals surface area (Å²) in [6.07, 6.45) is 2.23. The van der Waals surface area contributed by atoms with E-state index in [-0.39, 0.29) is 11.8 Å². The lowest BCUT2D eigenvalue weighted by atomic mass is 9.99. The minimum Gasteiger partial charge on any atom is -0.481 e. The van der Waals surface area contributed by atoms with Crippen LogP contribution in [0, 0.1) is 17.8 Å². The number of benzene rings is 1. The zero-order valence-corrected chi connectivity index (χ0v) is 14.3. The minimum atomic E-state index is -0.798. The quantitative estimate of drug-likeness (QED) is 0.877. The van der Waals surface area contributed by atoms with E-state index in [9.17, 15) is 9.59 Å². The van der Waals surface area contributed by atoms with Crippen LogP contribution in [0.4, 0.5) is 0 Å². The summed E-state index contributed by atoms with van der Waals surface area (Å²) in [6.45, 7) is 7.22. The predicted octanol–water partition coefficient (Wildman–Crippen LogP) is 3.00. The molecule has 1 aliphatic heterocycles. The fraction of sp³-hybridized carbons (Fsp3) is 0.579. The average molecular weight is 317 g/mol. The monoisotopic (exact) mass is 317 g/mol. The molecular formula is C19H27NO3. The van der Waals surface area contributed by atoms with Gasteiger partial charge in [-0.2, -0.15) is 0 Å². The molecule has 2 rings (SSSR count). The molecule has 4 heteroatoms. The summed E-state index contributed by atoms with van der Waals surface area (Å²) in [5, 5.41) is 9.14. The Morgan fingerprint density at radius 3 is 2.30 bits per heavy atom. The highest BCUT2D eigenvalue weighted by Crippen LogP contribution is 2.24. The zero-order chi connectivity index (χ0) is 17.0. The molecule has 0 aliphatic carbocycles. The first-order valence-corrected chi connectivity index (χ1v) is 8.45. The van der Waals surface area contributed by atoms with Crippen molar-refractivity contribution in [3.8, 4) is 0 Å². The normalized spacial score (nSPS) is 21.0. The molecule has 1 saturated heterocycles. The van der Waals surface area contributed by atoms with Crippen molar-refractivity contribution in [1.29, 1.82) is 0 Å². The first kappa shape index (κ1) is 17.5. The standard InChI is InChI=1S/C19H27NO3/c1-13(2)10-16-6-4-15(5-7-16)8-9-18(21)20-11-14(3)17(12-20)19(22)23/h4-7,13-14,17H,8-12H2,1-3H3,(H,22,23)/t14-,17-/m1/s1. The van der Waals surface area contributed by atoms with E-state index in [1.807, 2.05) is 6.92 Å². The lowest BCUT2D eigenvalue weighted by molar-refractivity contribution is -0.142. The highest BCUT2D eigenvalue weighted by molar-refractivity contribution is 5.79. The molecule has 0 spiro atoms. The molecule has 1 amide bonds. The number of nitrogens with zero attached hydrogens (tertiary/aromatic N) is 1.